The number of rotatable bonds is 3. The minimum Gasteiger partial charge on any atom is -0.454 e. The zero-order valence-corrected chi connectivity index (χ0v) is 11.6. The number of ketones is 2. The molecule has 0 saturated carbocycles. The Hall–Kier alpha value is -2.27. The SMILES string of the molecule is CCOC(C)c1cc2c(o1)C(=O)c1cc(F)ccc1C2=O. The maximum Gasteiger partial charge on any atom is 0.229 e. The van der Waals surface area contributed by atoms with Crippen molar-refractivity contribution in [1.29, 1.82) is 0 Å². The van der Waals surface area contributed by atoms with E-state index in [1.165, 1.54) is 18.2 Å². The van der Waals surface area contributed by atoms with E-state index in [0.717, 1.165) is 6.07 Å². The van der Waals surface area contributed by atoms with Gasteiger partial charge in [0.05, 0.1) is 5.56 Å². The monoisotopic (exact) mass is 288 g/mol. The molecule has 3 rings (SSSR count). The van der Waals surface area contributed by atoms with Gasteiger partial charge >= 0.3 is 0 Å². The Labute approximate surface area is 120 Å². The normalized spacial score (nSPS) is 14.8. The van der Waals surface area contributed by atoms with E-state index in [4.69, 9.17) is 9.15 Å². The van der Waals surface area contributed by atoms with Gasteiger partial charge in [-0.05, 0) is 38.1 Å². The number of ether oxygens (including phenoxy) is 1. The molecule has 0 spiro atoms. The molecule has 0 radical (unpaired) electrons. The summed E-state index contributed by atoms with van der Waals surface area (Å²) < 4.78 is 24.2. The minimum absolute atomic E-state index is 0.0393. The Balaban J connectivity index is 2.11. The zero-order valence-electron chi connectivity index (χ0n) is 11.6. The number of benzene rings is 1. The molecule has 2 aromatic rings. The van der Waals surface area contributed by atoms with Gasteiger partial charge < -0.3 is 9.15 Å². The third-order valence-corrected chi connectivity index (χ3v) is 3.49. The van der Waals surface area contributed by atoms with Crippen LogP contribution in [0.5, 0.6) is 0 Å². The highest BCUT2D eigenvalue weighted by Gasteiger charge is 2.34. The first kappa shape index (κ1) is 13.7. The summed E-state index contributed by atoms with van der Waals surface area (Å²) >= 11 is 0. The van der Waals surface area contributed by atoms with E-state index in [2.05, 4.69) is 0 Å². The second kappa shape index (κ2) is 4.93. The van der Waals surface area contributed by atoms with Crippen molar-refractivity contribution in [2.45, 2.75) is 20.0 Å². The molecule has 0 fully saturated rings. The standard InChI is InChI=1S/C16H13FO4/c1-3-20-8(2)13-7-12-14(18)10-5-4-9(17)6-11(10)15(19)16(12)21-13/h4-8H,3H2,1-2H3. The van der Waals surface area contributed by atoms with Gasteiger partial charge in [-0.15, -0.1) is 0 Å². The van der Waals surface area contributed by atoms with Gasteiger partial charge in [-0.2, -0.15) is 0 Å². The molecule has 1 aliphatic carbocycles. The van der Waals surface area contributed by atoms with E-state index in [0.29, 0.717) is 12.4 Å². The van der Waals surface area contributed by atoms with Crippen molar-refractivity contribution in [3.8, 4) is 0 Å². The minimum atomic E-state index is -0.562. The predicted molar refractivity (Wildman–Crippen MR) is 72.0 cm³/mol. The van der Waals surface area contributed by atoms with E-state index in [1.54, 1.807) is 6.92 Å². The van der Waals surface area contributed by atoms with Gasteiger partial charge in [-0.25, -0.2) is 4.39 Å². The van der Waals surface area contributed by atoms with Crippen LogP contribution in [0.15, 0.2) is 28.7 Å². The zero-order chi connectivity index (χ0) is 15.1. The number of carbonyl (C=O) groups excluding carboxylic acids is 2. The predicted octanol–water partition coefficient (Wildman–Crippen LogP) is 3.29. The smallest absolute Gasteiger partial charge is 0.229 e. The lowest BCUT2D eigenvalue weighted by molar-refractivity contribution is 0.0591. The fraction of sp³-hybridized carbons (Fsp3) is 0.250. The van der Waals surface area contributed by atoms with Crippen LogP contribution in [-0.2, 0) is 4.74 Å². The molecule has 0 amide bonds. The number of furan rings is 1. The van der Waals surface area contributed by atoms with Crippen LogP contribution in [0, 0.1) is 5.82 Å². The number of halogens is 1. The molecule has 108 valence electrons. The van der Waals surface area contributed by atoms with Crippen LogP contribution in [0.2, 0.25) is 0 Å². The maximum atomic E-state index is 13.3. The first-order valence-corrected chi connectivity index (χ1v) is 6.67. The summed E-state index contributed by atoms with van der Waals surface area (Å²) in [6.45, 7) is 4.10. The second-order valence-corrected chi connectivity index (χ2v) is 4.84. The Bertz CT molecular complexity index is 745. The quantitative estimate of drug-likeness (QED) is 0.742. The van der Waals surface area contributed by atoms with Crippen LogP contribution in [-0.4, -0.2) is 18.2 Å². The molecule has 5 heteroatoms. The molecule has 1 aliphatic rings. The molecule has 0 N–H and O–H groups in total. The molecule has 1 aromatic carbocycles. The molecule has 21 heavy (non-hydrogen) atoms. The second-order valence-electron chi connectivity index (χ2n) is 4.84. The number of hydrogen-bond donors (Lipinski definition) is 0. The van der Waals surface area contributed by atoms with Gasteiger partial charge in [0.2, 0.25) is 5.78 Å². The Morgan fingerprint density at radius 3 is 2.62 bits per heavy atom. The molecular weight excluding hydrogens is 275 g/mol. The summed E-state index contributed by atoms with van der Waals surface area (Å²) in [4.78, 5) is 24.7. The van der Waals surface area contributed by atoms with Crippen LogP contribution in [0.1, 0.15) is 57.8 Å². The van der Waals surface area contributed by atoms with Crippen molar-refractivity contribution in [1.82, 2.24) is 0 Å². The van der Waals surface area contributed by atoms with E-state index in [-0.39, 0.29) is 34.3 Å². The lowest BCUT2D eigenvalue weighted by atomic mass is 9.88. The maximum absolute atomic E-state index is 13.3. The van der Waals surface area contributed by atoms with Crippen molar-refractivity contribution in [2.24, 2.45) is 0 Å². The highest BCUT2D eigenvalue weighted by atomic mass is 19.1. The Morgan fingerprint density at radius 2 is 1.90 bits per heavy atom. The average Bonchev–Trinajstić information content (AvgIpc) is 2.90. The van der Waals surface area contributed by atoms with Crippen LogP contribution in [0.3, 0.4) is 0 Å². The summed E-state index contributed by atoms with van der Waals surface area (Å²) in [5.74, 6) is -1.00. The van der Waals surface area contributed by atoms with Crippen molar-refractivity contribution in [2.75, 3.05) is 6.61 Å². The van der Waals surface area contributed by atoms with E-state index in [1.807, 2.05) is 6.92 Å². The molecule has 0 bridgehead atoms. The number of hydrogen-bond acceptors (Lipinski definition) is 4. The molecule has 0 aliphatic heterocycles. The Morgan fingerprint density at radius 1 is 1.14 bits per heavy atom. The Kier molecular flexibility index (Phi) is 3.22. The summed E-state index contributed by atoms with van der Waals surface area (Å²) in [5.41, 5.74) is 0.448. The van der Waals surface area contributed by atoms with Crippen molar-refractivity contribution in [3.63, 3.8) is 0 Å². The summed E-state index contributed by atoms with van der Waals surface area (Å²) in [6, 6.07) is 5.08. The highest BCUT2D eigenvalue weighted by Crippen LogP contribution is 2.32. The van der Waals surface area contributed by atoms with E-state index < -0.39 is 11.6 Å². The molecule has 4 nitrogen and oxygen atoms in total. The van der Waals surface area contributed by atoms with Crippen LogP contribution >= 0.6 is 0 Å². The molecule has 1 unspecified atom stereocenters. The lowest BCUT2D eigenvalue weighted by Crippen LogP contribution is -2.19. The fourth-order valence-electron chi connectivity index (χ4n) is 2.45. The third kappa shape index (κ3) is 2.10. The van der Waals surface area contributed by atoms with Gasteiger partial charge in [-0.1, -0.05) is 0 Å². The molecule has 1 aromatic heterocycles. The molecule has 1 heterocycles. The molecule has 1 atom stereocenters. The highest BCUT2D eigenvalue weighted by molar-refractivity contribution is 6.27. The number of carbonyl (C=O) groups is 2. The summed E-state index contributed by atoms with van der Waals surface area (Å²) in [7, 11) is 0. The topological polar surface area (TPSA) is 56.5 Å². The van der Waals surface area contributed by atoms with Crippen LogP contribution in [0.25, 0.3) is 0 Å². The van der Waals surface area contributed by atoms with Gasteiger partial charge in [0, 0.05) is 17.7 Å². The summed E-state index contributed by atoms with van der Waals surface area (Å²) in [6.07, 6.45) is -0.360. The third-order valence-electron chi connectivity index (χ3n) is 3.49. The fourth-order valence-corrected chi connectivity index (χ4v) is 2.45. The van der Waals surface area contributed by atoms with Gasteiger partial charge in [0.25, 0.3) is 0 Å². The van der Waals surface area contributed by atoms with E-state index >= 15 is 0 Å². The molecular formula is C16H13FO4. The summed E-state index contributed by atoms with van der Waals surface area (Å²) in [5, 5.41) is 0. The first-order valence-electron chi connectivity index (χ1n) is 6.67. The van der Waals surface area contributed by atoms with Gasteiger partial charge in [0.1, 0.15) is 17.7 Å². The molecule has 0 saturated heterocycles. The van der Waals surface area contributed by atoms with Crippen LogP contribution < -0.4 is 0 Å². The van der Waals surface area contributed by atoms with Gasteiger partial charge in [0.15, 0.2) is 11.5 Å². The average molecular weight is 288 g/mol. The van der Waals surface area contributed by atoms with Crippen LogP contribution in [0.4, 0.5) is 4.39 Å². The van der Waals surface area contributed by atoms with E-state index in [9.17, 15) is 14.0 Å². The van der Waals surface area contributed by atoms with Crippen molar-refractivity contribution < 1.29 is 23.1 Å². The van der Waals surface area contributed by atoms with Crippen molar-refractivity contribution in [3.05, 3.63) is 58.3 Å². The first-order chi connectivity index (χ1) is 10.0. The largest absolute Gasteiger partial charge is 0.454 e. The number of fused-ring (bicyclic) bond motifs is 2. The van der Waals surface area contributed by atoms with Crippen molar-refractivity contribution >= 4 is 11.6 Å². The lowest BCUT2D eigenvalue weighted by Gasteiger charge is -2.12. The van der Waals surface area contributed by atoms with Gasteiger partial charge in [-0.3, -0.25) is 9.59 Å².